The summed E-state index contributed by atoms with van der Waals surface area (Å²) in [4.78, 5) is 22.8. The molecule has 7 heteroatoms. The first-order chi connectivity index (χ1) is 11.4. The fourth-order valence-corrected chi connectivity index (χ4v) is 2.00. The molecule has 24 heavy (non-hydrogen) atoms. The molecule has 1 N–H and O–H groups in total. The lowest BCUT2D eigenvalue weighted by molar-refractivity contribution is -0.384. The first kappa shape index (κ1) is 17.3. The maximum absolute atomic E-state index is 12.2. The Morgan fingerprint density at radius 1 is 1.17 bits per heavy atom. The molecule has 2 rings (SSSR count). The van der Waals surface area contributed by atoms with E-state index in [0.29, 0.717) is 11.5 Å². The average Bonchev–Trinajstić information content (AvgIpc) is 2.57. The molecule has 0 bridgehead atoms. The molecule has 126 valence electrons. The van der Waals surface area contributed by atoms with Crippen LogP contribution < -0.4 is 14.8 Å². The van der Waals surface area contributed by atoms with Crippen LogP contribution in [0.4, 0.5) is 11.4 Å². The number of methoxy groups -OCH3 is 1. The van der Waals surface area contributed by atoms with E-state index in [1.165, 1.54) is 25.3 Å². The van der Waals surface area contributed by atoms with Crippen molar-refractivity contribution in [3.63, 3.8) is 0 Å². The first-order valence-electron chi connectivity index (χ1n) is 7.27. The summed E-state index contributed by atoms with van der Waals surface area (Å²) in [6.45, 7) is 3.52. The maximum Gasteiger partial charge on any atom is 0.296 e. The minimum Gasteiger partial charge on any atom is -0.496 e. The summed E-state index contributed by atoms with van der Waals surface area (Å²) in [6, 6.07) is 11.5. The van der Waals surface area contributed by atoms with E-state index in [1.54, 1.807) is 19.1 Å². The van der Waals surface area contributed by atoms with E-state index >= 15 is 0 Å². The molecule has 0 unspecified atom stereocenters. The lowest BCUT2D eigenvalue weighted by Gasteiger charge is -2.15. The number of hydrogen-bond donors (Lipinski definition) is 1. The SMILES string of the molecule is COc1ccc(NC(=O)[C@@H](C)Oc2ccc(C)cc2)c([N+](=O)[O-])c1. The summed E-state index contributed by atoms with van der Waals surface area (Å²) in [5, 5.41) is 13.6. The third kappa shape index (κ3) is 4.22. The third-order valence-corrected chi connectivity index (χ3v) is 3.36. The van der Waals surface area contributed by atoms with Gasteiger partial charge in [-0.05, 0) is 38.1 Å². The largest absolute Gasteiger partial charge is 0.496 e. The summed E-state index contributed by atoms with van der Waals surface area (Å²) < 4.78 is 10.5. The van der Waals surface area contributed by atoms with E-state index in [4.69, 9.17) is 9.47 Å². The summed E-state index contributed by atoms with van der Waals surface area (Å²) >= 11 is 0. The summed E-state index contributed by atoms with van der Waals surface area (Å²) in [5.74, 6) is 0.403. The molecule has 0 fully saturated rings. The molecular formula is C17H18N2O5. The zero-order chi connectivity index (χ0) is 17.7. The summed E-state index contributed by atoms with van der Waals surface area (Å²) in [6.07, 6.45) is -0.811. The van der Waals surface area contributed by atoms with Crippen LogP contribution in [0.15, 0.2) is 42.5 Å². The third-order valence-electron chi connectivity index (χ3n) is 3.36. The van der Waals surface area contributed by atoms with Crippen LogP contribution in [0.3, 0.4) is 0 Å². The molecule has 2 aromatic rings. The molecule has 0 aliphatic heterocycles. The van der Waals surface area contributed by atoms with Crippen LogP contribution in [0, 0.1) is 17.0 Å². The quantitative estimate of drug-likeness (QED) is 0.648. The molecule has 1 amide bonds. The second-order valence-electron chi connectivity index (χ2n) is 5.20. The molecule has 0 saturated carbocycles. The summed E-state index contributed by atoms with van der Waals surface area (Å²) in [7, 11) is 1.41. The van der Waals surface area contributed by atoms with Gasteiger partial charge in [0.05, 0.1) is 18.1 Å². The molecule has 0 aliphatic carbocycles. The highest BCUT2D eigenvalue weighted by Crippen LogP contribution is 2.29. The zero-order valence-electron chi connectivity index (χ0n) is 13.6. The smallest absolute Gasteiger partial charge is 0.296 e. The van der Waals surface area contributed by atoms with Crippen molar-refractivity contribution < 1.29 is 19.2 Å². The van der Waals surface area contributed by atoms with Crippen molar-refractivity contribution in [2.45, 2.75) is 20.0 Å². The van der Waals surface area contributed by atoms with E-state index in [0.717, 1.165) is 5.56 Å². The Labute approximate surface area is 139 Å². The standard InChI is InChI=1S/C17H18N2O5/c1-11-4-6-13(7-5-11)24-12(2)17(20)18-15-9-8-14(23-3)10-16(15)19(21)22/h4-10,12H,1-3H3,(H,18,20)/t12-/m1/s1. The monoisotopic (exact) mass is 330 g/mol. The van der Waals surface area contributed by atoms with Crippen molar-refractivity contribution in [3.05, 3.63) is 58.1 Å². The minimum absolute atomic E-state index is 0.0881. The second kappa shape index (κ2) is 7.45. The highest BCUT2D eigenvalue weighted by molar-refractivity contribution is 5.96. The number of nitrogens with zero attached hydrogens (tertiary/aromatic N) is 1. The number of nitro groups is 1. The number of ether oxygens (including phenoxy) is 2. The van der Waals surface area contributed by atoms with E-state index in [2.05, 4.69) is 5.32 Å². The fraction of sp³-hybridized carbons (Fsp3) is 0.235. The Balaban J connectivity index is 2.11. The Morgan fingerprint density at radius 3 is 2.38 bits per heavy atom. The lowest BCUT2D eigenvalue weighted by Crippen LogP contribution is -2.30. The van der Waals surface area contributed by atoms with Gasteiger partial charge in [-0.15, -0.1) is 0 Å². The van der Waals surface area contributed by atoms with Gasteiger partial charge in [-0.2, -0.15) is 0 Å². The predicted octanol–water partition coefficient (Wildman–Crippen LogP) is 3.32. The van der Waals surface area contributed by atoms with Gasteiger partial charge in [0.15, 0.2) is 6.10 Å². The maximum atomic E-state index is 12.2. The number of amides is 1. The topological polar surface area (TPSA) is 90.7 Å². The number of hydrogen-bond acceptors (Lipinski definition) is 5. The zero-order valence-corrected chi connectivity index (χ0v) is 13.6. The van der Waals surface area contributed by atoms with E-state index in [-0.39, 0.29) is 11.4 Å². The fourth-order valence-electron chi connectivity index (χ4n) is 2.00. The highest BCUT2D eigenvalue weighted by Gasteiger charge is 2.21. The number of anilines is 1. The molecule has 7 nitrogen and oxygen atoms in total. The van der Waals surface area contributed by atoms with Gasteiger partial charge >= 0.3 is 0 Å². The van der Waals surface area contributed by atoms with Crippen LogP contribution in [0.1, 0.15) is 12.5 Å². The average molecular weight is 330 g/mol. The number of carbonyl (C=O) groups is 1. The van der Waals surface area contributed by atoms with Gasteiger partial charge in [-0.1, -0.05) is 17.7 Å². The normalized spacial score (nSPS) is 11.5. The molecule has 0 radical (unpaired) electrons. The van der Waals surface area contributed by atoms with Crippen LogP contribution >= 0.6 is 0 Å². The van der Waals surface area contributed by atoms with E-state index in [1.807, 2.05) is 19.1 Å². The van der Waals surface area contributed by atoms with Gasteiger partial charge in [0, 0.05) is 0 Å². The minimum atomic E-state index is -0.811. The Morgan fingerprint density at radius 2 is 1.79 bits per heavy atom. The van der Waals surface area contributed by atoms with Gasteiger partial charge in [0.1, 0.15) is 17.2 Å². The van der Waals surface area contributed by atoms with Crippen molar-refractivity contribution in [1.82, 2.24) is 0 Å². The van der Waals surface area contributed by atoms with Crippen LogP contribution in [-0.2, 0) is 4.79 Å². The van der Waals surface area contributed by atoms with Crippen molar-refractivity contribution >= 4 is 17.3 Å². The van der Waals surface area contributed by atoms with Gasteiger partial charge < -0.3 is 14.8 Å². The molecule has 0 saturated heterocycles. The number of carbonyl (C=O) groups excluding carboxylic acids is 1. The number of rotatable bonds is 6. The molecule has 2 aromatic carbocycles. The Bertz CT molecular complexity index is 743. The lowest BCUT2D eigenvalue weighted by atomic mass is 10.2. The van der Waals surface area contributed by atoms with Gasteiger partial charge in [-0.25, -0.2) is 0 Å². The van der Waals surface area contributed by atoms with Crippen molar-refractivity contribution in [1.29, 1.82) is 0 Å². The Hall–Kier alpha value is -3.09. The van der Waals surface area contributed by atoms with E-state index < -0.39 is 16.9 Å². The van der Waals surface area contributed by atoms with Gasteiger partial charge in [0.2, 0.25) is 0 Å². The van der Waals surface area contributed by atoms with Gasteiger partial charge in [-0.3, -0.25) is 14.9 Å². The molecule has 0 aliphatic rings. The highest BCUT2D eigenvalue weighted by atomic mass is 16.6. The first-order valence-corrected chi connectivity index (χ1v) is 7.27. The number of benzene rings is 2. The van der Waals surface area contributed by atoms with E-state index in [9.17, 15) is 14.9 Å². The van der Waals surface area contributed by atoms with Crippen LogP contribution in [-0.4, -0.2) is 24.0 Å². The van der Waals surface area contributed by atoms with Crippen molar-refractivity contribution in [3.8, 4) is 11.5 Å². The van der Waals surface area contributed by atoms with Crippen molar-refractivity contribution in [2.24, 2.45) is 0 Å². The number of nitrogens with one attached hydrogen (secondary N) is 1. The molecule has 0 aromatic heterocycles. The van der Waals surface area contributed by atoms with Gasteiger partial charge in [0.25, 0.3) is 11.6 Å². The van der Waals surface area contributed by atoms with Crippen LogP contribution in [0.2, 0.25) is 0 Å². The number of nitro benzene ring substituents is 1. The van der Waals surface area contributed by atoms with Crippen LogP contribution in [0.5, 0.6) is 11.5 Å². The molecule has 1 atom stereocenters. The molecule has 0 heterocycles. The Kier molecular flexibility index (Phi) is 5.36. The molecule has 0 spiro atoms. The molecular weight excluding hydrogens is 312 g/mol. The predicted molar refractivity (Wildman–Crippen MR) is 89.5 cm³/mol. The van der Waals surface area contributed by atoms with Crippen LogP contribution in [0.25, 0.3) is 0 Å². The second-order valence-corrected chi connectivity index (χ2v) is 5.20. The summed E-state index contributed by atoms with van der Waals surface area (Å²) in [5.41, 5.74) is 0.920. The van der Waals surface area contributed by atoms with Crippen molar-refractivity contribution in [2.75, 3.05) is 12.4 Å². The number of aryl methyl sites for hydroxylation is 1.